The van der Waals surface area contributed by atoms with E-state index in [1.165, 1.54) is 17.0 Å². The van der Waals surface area contributed by atoms with Gasteiger partial charge in [-0.05, 0) is 11.5 Å². The Morgan fingerprint density at radius 2 is 2.05 bits per heavy atom. The maximum absolute atomic E-state index is 12.0. The number of carbonyl (C=O) groups excluding carboxylic acids is 1. The molecule has 1 atom stereocenters. The second kappa shape index (κ2) is 7.37. The topological polar surface area (TPSA) is 101 Å². The van der Waals surface area contributed by atoms with E-state index in [1.807, 2.05) is 0 Å². The molecule has 0 aromatic heterocycles. The van der Waals surface area contributed by atoms with Crippen molar-refractivity contribution in [3.8, 4) is 0 Å². The predicted molar refractivity (Wildman–Crippen MR) is 75.6 cm³/mol. The number of nitro benzene ring substituents is 1. The van der Waals surface area contributed by atoms with E-state index in [2.05, 4.69) is 0 Å². The van der Waals surface area contributed by atoms with Crippen LogP contribution in [0.3, 0.4) is 0 Å². The van der Waals surface area contributed by atoms with Gasteiger partial charge in [0.15, 0.2) is 0 Å². The summed E-state index contributed by atoms with van der Waals surface area (Å²) in [4.78, 5) is 34.2. The third-order valence-corrected chi connectivity index (χ3v) is 3.01. The molecule has 7 nitrogen and oxygen atoms in total. The Hall–Kier alpha value is -2.44. The van der Waals surface area contributed by atoms with Crippen molar-refractivity contribution >= 4 is 17.6 Å². The first kappa shape index (κ1) is 16.6. The quantitative estimate of drug-likeness (QED) is 0.612. The second-order valence-corrected chi connectivity index (χ2v) is 5.08. The van der Waals surface area contributed by atoms with E-state index < -0.39 is 10.9 Å². The number of non-ortho nitro benzene ring substituents is 1. The Morgan fingerprint density at radius 3 is 2.62 bits per heavy atom. The number of benzene rings is 1. The van der Waals surface area contributed by atoms with E-state index in [1.54, 1.807) is 26.1 Å². The van der Waals surface area contributed by atoms with Gasteiger partial charge in [0, 0.05) is 38.6 Å². The van der Waals surface area contributed by atoms with Crippen LogP contribution in [0.5, 0.6) is 0 Å². The molecule has 0 spiro atoms. The van der Waals surface area contributed by atoms with Gasteiger partial charge in [0.25, 0.3) is 5.69 Å². The Morgan fingerprint density at radius 1 is 1.38 bits per heavy atom. The van der Waals surface area contributed by atoms with Crippen LogP contribution in [0, 0.1) is 16.0 Å². The lowest BCUT2D eigenvalue weighted by molar-refractivity contribution is -0.384. The predicted octanol–water partition coefficient (Wildman–Crippen LogP) is 2.05. The molecule has 1 aromatic carbocycles. The SMILES string of the molecule is CC(CC(=O)O)CC(=O)N(C)Cc1cccc([N+](=O)[O-])c1. The van der Waals surface area contributed by atoms with E-state index in [-0.39, 0.29) is 36.9 Å². The highest BCUT2D eigenvalue weighted by Gasteiger charge is 2.16. The zero-order chi connectivity index (χ0) is 16.0. The highest BCUT2D eigenvalue weighted by atomic mass is 16.6. The van der Waals surface area contributed by atoms with Crippen LogP contribution in [-0.2, 0) is 16.1 Å². The number of nitrogens with zero attached hydrogens (tertiary/aromatic N) is 2. The zero-order valence-electron chi connectivity index (χ0n) is 12.0. The summed E-state index contributed by atoms with van der Waals surface area (Å²) in [5.41, 5.74) is 0.638. The molecule has 0 aliphatic rings. The zero-order valence-corrected chi connectivity index (χ0v) is 12.0. The standard InChI is InChI=1S/C14H18N2O5/c1-10(7-14(18)19)6-13(17)15(2)9-11-4-3-5-12(8-11)16(20)21/h3-5,8,10H,6-7,9H2,1-2H3,(H,18,19). The number of hydrogen-bond donors (Lipinski definition) is 1. The molecule has 1 unspecified atom stereocenters. The molecular weight excluding hydrogens is 276 g/mol. The van der Waals surface area contributed by atoms with Gasteiger partial charge >= 0.3 is 5.97 Å². The van der Waals surface area contributed by atoms with E-state index >= 15 is 0 Å². The summed E-state index contributed by atoms with van der Waals surface area (Å²) >= 11 is 0. The van der Waals surface area contributed by atoms with Gasteiger partial charge in [-0.3, -0.25) is 19.7 Å². The Labute approximate surface area is 122 Å². The number of carbonyl (C=O) groups is 2. The maximum atomic E-state index is 12.0. The van der Waals surface area contributed by atoms with Crippen molar-refractivity contribution < 1.29 is 19.6 Å². The average molecular weight is 294 g/mol. The molecule has 1 rings (SSSR count). The molecule has 0 saturated heterocycles. The summed E-state index contributed by atoms with van der Waals surface area (Å²) in [7, 11) is 1.59. The molecule has 0 fully saturated rings. The minimum Gasteiger partial charge on any atom is -0.481 e. The van der Waals surface area contributed by atoms with Crippen molar-refractivity contribution in [1.29, 1.82) is 0 Å². The van der Waals surface area contributed by atoms with Gasteiger partial charge in [-0.25, -0.2) is 0 Å². The van der Waals surface area contributed by atoms with Gasteiger partial charge in [-0.15, -0.1) is 0 Å². The first-order valence-corrected chi connectivity index (χ1v) is 6.48. The molecular formula is C14H18N2O5. The van der Waals surface area contributed by atoms with Gasteiger partial charge in [0.1, 0.15) is 0 Å². The first-order chi connectivity index (χ1) is 9.79. The molecule has 1 N–H and O–H groups in total. The van der Waals surface area contributed by atoms with Crippen LogP contribution in [0.2, 0.25) is 0 Å². The van der Waals surface area contributed by atoms with Crippen LogP contribution in [0.25, 0.3) is 0 Å². The Balaban J connectivity index is 2.61. The highest BCUT2D eigenvalue weighted by molar-refractivity contribution is 5.77. The summed E-state index contributed by atoms with van der Waals surface area (Å²) in [6, 6.07) is 6.08. The lowest BCUT2D eigenvalue weighted by Gasteiger charge is -2.19. The third kappa shape index (κ3) is 5.60. The van der Waals surface area contributed by atoms with Crippen LogP contribution in [0.1, 0.15) is 25.3 Å². The van der Waals surface area contributed by atoms with E-state index in [9.17, 15) is 19.7 Å². The fraction of sp³-hybridized carbons (Fsp3) is 0.429. The van der Waals surface area contributed by atoms with Gasteiger partial charge in [0.2, 0.25) is 5.91 Å². The monoisotopic (exact) mass is 294 g/mol. The highest BCUT2D eigenvalue weighted by Crippen LogP contribution is 2.16. The van der Waals surface area contributed by atoms with Crippen LogP contribution in [-0.4, -0.2) is 33.9 Å². The van der Waals surface area contributed by atoms with E-state index in [0.717, 1.165) is 0 Å². The molecule has 0 saturated carbocycles. The Kier molecular flexibility index (Phi) is 5.83. The van der Waals surface area contributed by atoms with Gasteiger partial charge in [0.05, 0.1) is 4.92 Å². The summed E-state index contributed by atoms with van der Waals surface area (Å²) in [6.07, 6.45) is 0.0775. The summed E-state index contributed by atoms with van der Waals surface area (Å²) < 4.78 is 0. The van der Waals surface area contributed by atoms with Crippen molar-refractivity contribution in [3.05, 3.63) is 39.9 Å². The first-order valence-electron chi connectivity index (χ1n) is 6.48. The van der Waals surface area contributed by atoms with Gasteiger partial charge in [-0.1, -0.05) is 19.1 Å². The minimum absolute atomic E-state index is 0.0207. The third-order valence-electron chi connectivity index (χ3n) is 3.01. The average Bonchev–Trinajstić information content (AvgIpc) is 2.37. The number of rotatable bonds is 7. The minimum atomic E-state index is -0.934. The van der Waals surface area contributed by atoms with Gasteiger partial charge < -0.3 is 10.0 Å². The number of carboxylic acid groups (broad SMARTS) is 1. The molecule has 7 heteroatoms. The number of amides is 1. The van der Waals surface area contributed by atoms with E-state index in [0.29, 0.717) is 5.56 Å². The van der Waals surface area contributed by atoms with E-state index in [4.69, 9.17) is 5.11 Å². The van der Waals surface area contributed by atoms with Crippen LogP contribution < -0.4 is 0 Å². The van der Waals surface area contributed by atoms with Crippen molar-refractivity contribution in [3.63, 3.8) is 0 Å². The number of carboxylic acids is 1. The molecule has 1 aromatic rings. The molecule has 21 heavy (non-hydrogen) atoms. The van der Waals surface area contributed by atoms with Crippen molar-refractivity contribution in [2.24, 2.45) is 5.92 Å². The number of aliphatic carboxylic acids is 1. The molecule has 0 aliphatic heterocycles. The lowest BCUT2D eigenvalue weighted by atomic mass is 10.0. The molecule has 0 bridgehead atoms. The van der Waals surface area contributed by atoms with Crippen LogP contribution >= 0.6 is 0 Å². The number of hydrogen-bond acceptors (Lipinski definition) is 4. The maximum Gasteiger partial charge on any atom is 0.303 e. The van der Waals surface area contributed by atoms with Crippen LogP contribution in [0.15, 0.2) is 24.3 Å². The molecule has 0 heterocycles. The Bertz CT molecular complexity index is 544. The smallest absolute Gasteiger partial charge is 0.303 e. The largest absolute Gasteiger partial charge is 0.481 e. The second-order valence-electron chi connectivity index (χ2n) is 5.08. The van der Waals surface area contributed by atoms with Crippen LogP contribution in [0.4, 0.5) is 5.69 Å². The summed E-state index contributed by atoms with van der Waals surface area (Å²) in [6.45, 7) is 1.95. The van der Waals surface area contributed by atoms with Crippen molar-refractivity contribution in [2.75, 3.05) is 7.05 Å². The normalized spacial score (nSPS) is 11.7. The molecule has 0 aliphatic carbocycles. The summed E-state index contributed by atoms with van der Waals surface area (Å²) in [5, 5.41) is 19.4. The van der Waals surface area contributed by atoms with Gasteiger partial charge in [-0.2, -0.15) is 0 Å². The molecule has 114 valence electrons. The molecule has 1 amide bonds. The lowest BCUT2D eigenvalue weighted by Crippen LogP contribution is -2.28. The van der Waals surface area contributed by atoms with Crippen molar-refractivity contribution in [1.82, 2.24) is 4.90 Å². The number of nitro groups is 1. The van der Waals surface area contributed by atoms with Crippen molar-refractivity contribution in [2.45, 2.75) is 26.3 Å². The fourth-order valence-electron chi connectivity index (χ4n) is 1.95. The molecule has 0 radical (unpaired) electrons. The fourth-order valence-corrected chi connectivity index (χ4v) is 1.95. The summed E-state index contributed by atoms with van der Waals surface area (Å²) in [5.74, 6) is -1.37.